The lowest BCUT2D eigenvalue weighted by Gasteiger charge is -2.25. The van der Waals surface area contributed by atoms with Gasteiger partial charge in [0.25, 0.3) is 10.0 Å². The summed E-state index contributed by atoms with van der Waals surface area (Å²) >= 11 is 1.33. The number of aliphatic imine (C=N–C) groups is 1. The molecule has 0 unspecified atom stereocenters. The van der Waals surface area contributed by atoms with E-state index in [1.54, 1.807) is 10.4 Å². The zero-order valence-electron chi connectivity index (χ0n) is 16.5. The number of guanidine groups is 1. The number of allylic oxidation sites excluding steroid dienone is 1. The molecule has 2 rings (SSSR count). The van der Waals surface area contributed by atoms with Crippen LogP contribution in [0.2, 0.25) is 0 Å². The van der Waals surface area contributed by atoms with E-state index in [4.69, 9.17) is 0 Å². The number of hydrogen-bond donors (Lipinski definition) is 1. The van der Waals surface area contributed by atoms with Crippen molar-refractivity contribution >= 4 is 27.3 Å². The summed E-state index contributed by atoms with van der Waals surface area (Å²) in [5, 5.41) is 3.30. The number of nitrogens with zero attached hydrogens (tertiary/aromatic N) is 3. The number of nitrogens with one attached hydrogen (secondary N) is 1. The lowest BCUT2D eigenvalue weighted by molar-refractivity contribution is 0.347. The number of hydrogen-bond acceptors (Lipinski definition) is 4. The monoisotopic (exact) mass is 412 g/mol. The van der Waals surface area contributed by atoms with Crippen LogP contribution in [0.4, 0.5) is 0 Å². The van der Waals surface area contributed by atoms with Gasteiger partial charge in [0.05, 0.1) is 6.54 Å². The smallest absolute Gasteiger partial charge is 0.252 e. The van der Waals surface area contributed by atoms with Crippen LogP contribution >= 0.6 is 11.3 Å². The fraction of sp³-hybridized carbons (Fsp3) is 0.632. The molecule has 0 aliphatic carbocycles. The molecule has 0 aromatic carbocycles. The van der Waals surface area contributed by atoms with Gasteiger partial charge in [0.1, 0.15) is 4.21 Å². The van der Waals surface area contributed by atoms with Crippen LogP contribution in [-0.2, 0) is 16.6 Å². The molecule has 6 nitrogen and oxygen atoms in total. The predicted molar refractivity (Wildman–Crippen MR) is 114 cm³/mol. The highest BCUT2D eigenvalue weighted by Gasteiger charge is 2.27. The molecule has 27 heavy (non-hydrogen) atoms. The summed E-state index contributed by atoms with van der Waals surface area (Å²) in [6.07, 6.45) is 6.95. The van der Waals surface area contributed by atoms with Gasteiger partial charge in [0, 0.05) is 38.1 Å². The molecule has 1 N–H and O–H groups in total. The molecule has 0 radical (unpaired) electrons. The third-order valence-corrected chi connectivity index (χ3v) is 7.97. The molecule has 0 saturated carbocycles. The normalized spacial score (nSPS) is 16.3. The molecule has 0 spiro atoms. The minimum atomic E-state index is -3.35. The second kappa shape index (κ2) is 10.8. The van der Waals surface area contributed by atoms with Crippen molar-refractivity contribution in [3.8, 4) is 0 Å². The zero-order valence-corrected chi connectivity index (χ0v) is 18.1. The maximum atomic E-state index is 12.8. The van der Waals surface area contributed by atoms with Crippen LogP contribution < -0.4 is 5.32 Å². The van der Waals surface area contributed by atoms with Crippen LogP contribution in [-0.4, -0.2) is 56.8 Å². The molecular weight excluding hydrogens is 380 g/mol. The summed E-state index contributed by atoms with van der Waals surface area (Å²) in [4.78, 5) is 7.74. The first-order valence-corrected chi connectivity index (χ1v) is 11.9. The Morgan fingerprint density at radius 3 is 2.78 bits per heavy atom. The highest BCUT2D eigenvalue weighted by atomic mass is 32.2. The van der Waals surface area contributed by atoms with E-state index >= 15 is 0 Å². The minimum absolute atomic E-state index is 0.430. The van der Waals surface area contributed by atoms with Crippen LogP contribution in [0.5, 0.6) is 0 Å². The van der Waals surface area contributed by atoms with E-state index in [0.29, 0.717) is 23.8 Å². The van der Waals surface area contributed by atoms with Gasteiger partial charge in [-0.3, -0.25) is 0 Å². The molecule has 152 valence electrons. The zero-order chi connectivity index (χ0) is 19.7. The summed E-state index contributed by atoms with van der Waals surface area (Å²) in [6, 6.07) is 3.60. The van der Waals surface area contributed by atoms with Crippen LogP contribution in [0, 0.1) is 0 Å². The van der Waals surface area contributed by atoms with Crippen molar-refractivity contribution in [1.82, 2.24) is 14.5 Å². The van der Waals surface area contributed by atoms with E-state index in [1.807, 2.05) is 26.1 Å². The van der Waals surface area contributed by atoms with Crippen LogP contribution in [0.25, 0.3) is 0 Å². The van der Waals surface area contributed by atoms with Gasteiger partial charge in [-0.05, 0) is 44.7 Å². The fourth-order valence-electron chi connectivity index (χ4n) is 3.02. The van der Waals surface area contributed by atoms with Crippen molar-refractivity contribution in [2.75, 3.05) is 33.2 Å². The summed E-state index contributed by atoms with van der Waals surface area (Å²) in [5.41, 5.74) is 0. The number of unbranched alkanes of at least 4 members (excludes halogenated alkanes) is 1. The quantitative estimate of drug-likeness (QED) is 0.293. The summed E-state index contributed by atoms with van der Waals surface area (Å²) in [6.45, 7) is 9.24. The molecule has 1 aliphatic heterocycles. The molecule has 0 atom stereocenters. The average molecular weight is 413 g/mol. The number of sulfonamides is 1. The minimum Gasteiger partial charge on any atom is -0.357 e. The van der Waals surface area contributed by atoms with E-state index in [2.05, 4.69) is 21.8 Å². The van der Waals surface area contributed by atoms with E-state index in [-0.39, 0.29) is 0 Å². The van der Waals surface area contributed by atoms with Crippen LogP contribution in [0.3, 0.4) is 0 Å². The number of piperidine rings is 1. The molecule has 0 amide bonds. The number of rotatable bonds is 9. The van der Waals surface area contributed by atoms with Gasteiger partial charge in [-0.25, -0.2) is 13.4 Å². The fourth-order valence-corrected chi connectivity index (χ4v) is 5.97. The average Bonchev–Trinajstić information content (AvgIpc) is 3.16. The van der Waals surface area contributed by atoms with Gasteiger partial charge in [-0.1, -0.05) is 12.5 Å². The SMILES string of the molecule is C=CCCCN(C)C(=NCc1ccc(S(=O)(=O)N2CCCCC2)s1)NCC. The summed E-state index contributed by atoms with van der Waals surface area (Å²) in [5.74, 6) is 0.843. The summed E-state index contributed by atoms with van der Waals surface area (Å²) in [7, 11) is -1.33. The van der Waals surface area contributed by atoms with Crippen LogP contribution in [0.15, 0.2) is 34.0 Å². The Kier molecular flexibility index (Phi) is 8.79. The highest BCUT2D eigenvalue weighted by molar-refractivity contribution is 7.91. The topological polar surface area (TPSA) is 65.0 Å². The Morgan fingerprint density at radius 1 is 1.37 bits per heavy atom. The van der Waals surface area contributed by atoms with Crippen molar-refractivity contribution in [1.29, 1.82) is 0 Å². The Morgan fingerprint density at radius 2 is 2.11 bits per heavy atom. The van der Waals surface area contributed by atoms with Gasteiger partial charge in [-0.2, -0.15) is 4.31 Å². The molecular formula is C19H32N4O2S2. The Balaban J connectivity index is 2.03. The Hall–Kier alpha value is -1.38. The van der Waals surface area contributed by atoms with Gasteiger partial charge in [-0.15, -0.1) is 17.9 Å². The molecule has 1 saturated heterocycles. The van der Waals surface area contributed by atoms with Gasteiger partial charge >= 0.3 is 0 Å². The van der Waals surface area contributed by atoms with Gasteiger partial charge < -0.3 is 10.2 Å². The Labute approximate surface area is 168 Å². The van der Waals surface area contributed by atoms with Crippen molar-refractivity contribution in [2.45, 2.75) is 49.8 Å². The molecule has 0 bridgehead atoms. The second-order valence-electron chi connectivity index (χ2n) is 6.71. The highest BCUT2D eigenvalue weighted by Crippen LogP contribution is 2.27. The van der Waals surface area contributed by atoms with E-state index in [1.165, 1.54) is 11.3 Å². The van der Waals surface area contributed by atoms with Crippen molar-refractivity contribution < 1.29 is 8.42 Å². The Bertz CT molecular complexity index is 722. The predicted octanol–water partition coefficient (Wildman–Crippen LogP) is 3.29. The standard InChI is InChI=1S/C19H32N4O2S2/c1-4-6-8-13-22(3)19(20-5-2)21-16-17-11-12-18(26-17)27(24,25)23-14-9-7-10-15-23/h4,11-12H,1,5-10,13-16H2,2-3H3,(H,20,21). The van der Waals surface area contributed by atoms with Crippen molar-refractivity contribution in [2.24, 2.45) is 4.99 Å². The third-order valence-electron chi connectivity index (χ3n) is 4.53. The molecule has 1 aromatic rings. The molecule has 2 heterocycles. The lowest BCUT2D eigenvalue weighted by atomic mass is 10.2. The lowest BCUT2D eigenvalue weighted by Crippen LogP contribution is -2.39. The first kappa shape index (κ1) is 21.9. The third kappa shape index (κ3) is 6.33. The molecule has 1 aromatic heterocycles. The largest absolute Gasteiger partial charge is 0.357 e. The number of thiophene rings is 1. The molecule has 1 fully saturated rings. The van der Waals surface area contributed by atoms with Gasteiger partial charge in [0.2, 0.25) is 0 Å². The van der Waals surface area contributed by atoms with E-state index in [9.17, 15) is 8.42 Å². The van der Waals surface area contributed by atoms with Gasteiger partial charge in [0.15, 0.2) is 5.96 Å². The first-order valence-electron chi connectivity index (χ1n) is 9.68. The van der Waals surface area contributed by atoms with E-state index in [0.717, 1.165) is 56.0 Å². The maximum Gasteiger partial charge on any atom is 0.252 e. The molecule has 1 aliphatic rings. The maximum absolute atomic E-state index is 12.8. The first-order chi connectivity index (χ1) is 13.0. The van der Waals surface area contributed by atoms with E-state index < -0.39 is 10.0 Å². The van der Waals surface area contributed by atoms with Crippen molar-refractivity contribution in [3.63, 3.8) is 0 Å². The molecule has 8 heteroatoms. The summed E-state index contributed by atoms with van der Waals surface area (Å²) < 4.78 is 27.6. The second-order valence-corrected chi connectivity index (χ2v) is 10.0. The van der Waals surface area contributed by atoms with Crippen molar-refractivity contribution in [3.05, 3.63) is 29.7 Å². The van der Waals surface area contributed by atoms with Crippen LogP contribution in [0.1, 0.15) is 43.9 Å².